The minimum atomic E-state index is -0.487. The van der Waals surface area contributed by atoms with Crippen LogP contribution in [-0.4, -0.2) is 19.1 Å². The highest BCUT2D eigenvalue weighted by molar-refractivity contribution is 9.10. The third kappa shape index (κ3) is 5.84. The fraction of sp³-hybridized carbons (Fsp3) is 0.200. The predicted octanol–water partition coefficient (Wildman–Crippen LogP) is 5.55. The Kier molecular flexibility index (Phi) is 7.89. The maximum Gasteiger partial charge on any atom is 0.266 e. The molecule has 2 rings (SSSR count). The zero-order chi connectivity index (χ0) is 19.8. The summed E-state index contributed by atoms with van der Waals surface area (Å²) < 4.78 is 12.7. The van der Waals surface area contributed by atoms with E-state index in [1.165, 1.54) is 6.08 Å². The lowest BCUT2D eigenvalue weighted by Gasteiger charge is -2.13. The standard InChI is InChI=1S/C20H18Br2N2O3/c1-3-26-18-10-13(9-17(22)19(18)27-4-2)8-14(12-23)20(25)24-16-7-5-6-15(21)11-16/h5-11H,3-4H2,1-2H3,(H,24,25)/b14-8-. The number of benzene rings is 2. The van der Waals surface area contributed by atoms with Crippen molar-refractivity contribution in [3.63, 3.8) is 0 Å². The molecule has 0 aliphatic carbocycles. The highest BCUT2D eigenvalue weighted by atomic mass is 79.9. The van der Waals surface area contributed by atoms with E-state index in [1.54, 1.807) is 30.3 Å². The van der Waals surface area contributed by atoms with E-state index in [1.807, 2.05) is 26.0 Å². The number of anilines is 1. The molecule has 1 amide bonds. The number of nitrogens with one attached hydrogen (secondary N) is 1. The Morgan fingerprint density at radius 1 is 1.19 bits per heavy atom. The smallest absolute Gasteiger partial charge is 0.266 e. The van der Waals surface area contributed by atoms with Gasteiger partial charge in [0.2, 0.25) is 0 Å². The second kappa shape index (κ2) is 10.1. The summed E-state index contributed by atoms with van der Waals surface area (Å²) in [6.07, 6.45) is 1.51. The van der Waals surface area contributed by atoms with Crippen LogP contribution in [0.3, 0.4) is 0 Å². The van der Waals surface area contributed by atoms with Crippen LogP contribution in [0.4, 0.5) is 5.69 Å². The summed E-state index contributed by atoms with van der Waals surface area (Å²) in [5.41, 5.74) is 1.22. The van der Waals surface area contributed by atoms with E-state index in [2.05, 4.69) is 37.2 Å². The van der Waals surface area contributed by atoms with Crippen molar-refractivity contribution in [1.29, 1.82) is 5.26 Å². The van der Waals surface area contributed by atoms with Gasteiger partial charge in [-0.2, -0.15) is 5.26 Å². The molecule has 27 heavy (non-hydrogen) atoms. The van der Waals surface area contributed by atoms with Crippen LogP contribution in [0.25, 0.3) is 6.08 Å². The third-order valence-electron chi connectivity index (χ3n) is 3.38. The molecule has 0 aliphatic heterocycles. The number of hydrogen-bond donors (Lipinski definition) is 1. The Morgan fingerprint density at radius 3 is 2.56 bits per heavy atom. The number of rotatable bonds is 7. The Labute approximate surface area is 175 Å². The summed E-state index contributed by atoms with van der Waals surface area (Å²) >= 11 is 6.80. The van der Waals surface area contributed by atoms with Crippen molar-refractivity contribution in [3.8, 4) is 17.6 Å². The normalized spacial score (nSPS) is 10.9. The van der Waals surface area contributed by atoms with Crippen LogP contribution in [-0.2, 0) is 4.79 Å². The van der Waals surface area contributed by atoms with Crippen LogP contribution in [0, 0.1) is 11.3 Å². The molecular weight excluding hydrogens is 476 g/mol. The van der Waals surface area contributed by atoms with Gasteiger partial charge in [-0.15, -0.1) is 0 Å². The van der Waals surface area contributed by atoms with Crippen molar-refractivity contribution in [2.75, 3.05) is 18.5 Å². The fourth-order valence-corrected chi connectivity index (χ4v) is 3.27. The van der Waals surface area contributed by atoms with Crippen molar-refractivity contribution in [3.05, 3.63) is 56.5 Å². The molecule has 5 nitrogen and oxygen atoms in total. The van der Waals surface area contributed by atoms with Crippen LogP contribution in [0.2, 0.25) is 0 Å². The summed E-state index contributed by atoms with van der Waals surface area (Å²) in [5, 5.41) is 12.1. The van der Waals surface area contributed by atoms with Gasteiger partial charge in [-0.3, -0.25) is 4.79 Å². The van der Waals surface area contributed by atoms with Gasteiger partial charge < -0.3 is 14.8 Å². The summed E-state index contributed by atoms with van der Waals surface area (Å²) in [4.78, 5) is 12.4. The Hall–Kier alpha value is -2.30. The molecule has 0 saturated heterocycles. The highest BCUT2D eigenvalue weighted by Gasteiger charge is 2.14. The first-order chi connectivity index (χ1) is 13.0. The summed E-state index contributed by atoms with van der Waals surface area (Å²) in [7, 11) is 0. The minimum Gasteiger partial charge on any atom is -0.490 e. The number of hydrogen-bond acceptors (Lipinski definition) is 4. The molecule has 2 aromatic carbocycles. The number of ether oxygens (including phenoxy) is 2. The average Bonchev–Trinajstić information content (AvgIpc) is 2.62. The SMILES string of the molecule is CCOc1cc(/C=C(/C#N)C(=O)Nc2cccc(Br)c2)cc(Br)c1OCC. The van der Waals surface area contributed by atoms with E-state index in [9.17, 15) is 10.1 Å². The molecule has 0 saturated carbocycles. The molecule has 0 radical (unpaired) electrons. The van der Waals surface area contributed by atoms with Crippen LogP contribution < -0.4 is 14.8 Å². The zero-order valence-corrected chi connectivity index (χ0v) is 18.1. The molecule has 0 spiro atoms. The number of nitrogens with zero attached hydrogens (tertiary/aromatic N) is 1. The van der Waals surface area contributed by atoms with Crippen molar-refractivity contribution in [2.24, 2.45) is 0 Å². The van der Waals surface area contributed by atoms with Crippen LogP contribution in [0.5, 0.6) is 11.5 Å². The van der Waals surface area contributed by atoms with Gasteiger partial charge in [-0.05, 0) is 71.7 Å². The van der Waals surface area contributed by atoms with Crippen molar-refractivity contribution in [2.45, 2.75) is 13.8 Å². The molecule has 0 aliphatic rings. The maximum atomic E-state index is 12.4. The second-order valence-electron chi connectivity index (χ2n) is 5.33. The van der Waals surface area contributed by atoms with E-state index in [-0.39, 0.29) is 5.57 Å². The Morgan fingerprint density at radius 2 is 1.93 bits per heavy atom. The molecule has 7 heteroatoms. The van der Waals surface area contributed by atoms with Gasteiger partial charge in [-0.1, -0.05) is 22.0 Å². The van der Waals surface area contributed by atoms with Crippen LogP contribution in [0.1, 0.15) is 19.4 Å². The van der Waals surface area contributed by atoms with Crippen LogP contribution in [0.15, 0.2) is 50.9 Å². The van der Waals surface area contributed by atoms with E-state index < -0.39 is 5.91 Å². The Bertz CT molecular complexity index is 905. The van der Waals surface area contributed by atoms with Crippen molar-refractivity contribution >= 4 is 49.5 Å². The lowest BCUT2D eigenvalue weighted by Crippen LogP contribution is -2.13. The molecule has 0 fully saturated rings. The molecule has 2 aromatic rings. The highest BCUT2D eigenvalue weighted by Crippen LogP contribution is 2.37. The average molecular weight is 494 g/mol. The van der Waals surface area contributed by atoms with Gasteiger partial charge in [0.15, 0.2) is 11.5 Å². The molecule has 0 heterocycles. The molecule has 0 unspecified atom stereocenters. The zero-order valence-electron chi connectivity index (χ0n) is 14.9. The number of nitriles is 1. The third-order valence-corrected chi connectivity index (χ3v) is 4.46. The maximum absolute atomic E-state index is 12.4. The molecule has 140 valence electrons. The summed E-state index contributed by atoms with van der Waals surface area (Å²) in [6, 6.07) is 12.6. The second-order valence-corrected chi connectivity index (χ2v) is 7.10. The van der Waals surface area contributed by atoms with Gasteiger partial charge in [0.1, 0.15) is 11.6 Å². The first-order valence-corrected chi connectivity index (χ1v) is 9.84. The predicted molar refractivity (Wildman–Crippen MR) is 113 cm³/mol. The molecule has 1 N–H and O–H groups in total. The number of halogens is 2. The van der Waals surface area contributed by atoms with Crippen LogP contribution >= 0.6 is 31.9 Å². The van der Waals surface area contributed by atoms with E-state index in [0.29, 0.717) is 40.4 Å². The van der Waals surface area contributed by atoms with Gasteiger partial charge in [-0.25, -0.2) is 0 Å². The summed E-state index contributed by atoms with van der Waals surface area (Å²) in [6.45, 7) is 4.72. The van der Waals surface area contributed by atoms with E-state index in [0.717, 1.165) is 4.47 Å². The first-order valence-electron chi connectivity index (χ1n) is 8.26. The minimum absolute atomic E-state index is 0.0199. The van der Waals surface area contributed by atoms with Crippen molar-refractivity contribution in [1.82, 2.24) is 0 Å². The molecular formula is C20H18Br2N2O3. The number of carbonyl (C=O) groups excluding carboxylic acids is 1. The van der Waals surface area contributed by atoms with Gasteiger partial charge >= 0.3 is 0 Å². The van der Waals surface area contributed by atoms with Gasteiger partial charge in [0.05, 0.1) is 17.7 Å². The summed E-state index contributed by atoms with van der Waals surface area (Å²) in [5.74, 6) is 0.650. The molecule has 0 bridgehead atoms. The molecule has 0 aromatic heterocycles. The van der Waals surface area contributed by atoms with Gasteiger partial charge in [0, 0.05) is 10.2 Å². The largest absolute Gasteiger partial charge is 0.490 e. The monoisotopic (exact) mass is 492 g/mol. The molecule has 0 atom stereocenters. The fourth-order valence-electron chi connectivity index (χ4n) is 2.30. The van der Waals surface area contributed by atoms with Gasteiger partial charge in [0.25, 0.3) is 5.91 Å². The van der Waals surface area contributed by atoms with Crippen molar-refractivity contribution < 1.29 is 14.3 Å². The number of carbonyl (C=O) groups is 1. The number of amides is 1. The van der Waals surface area contributed by atoms with E-state index >= 15 is 0 Å². The first kappa shape index (κ1) is 21.0. The quantitative estimate of drug-likeness (QED) is 0.405. The van der Waals surface area contributed by atoms with E-state index in [4.69, 9.17) is 9.47 Å². The Balaban J connectivity index is 2.33. The topological polar surface area (TPSA) is 71.3 Å². The lowest BCUT2D eigenvalue weighted by molar-refractivity contribution is -0.112. The lowest BCUT2D eigenvalue weighted by atomic mass is 10.1.